The lowest BCUT2D eigenvalue weighted by atomic mass is 9.80. The summed E-state index contributed by atoms with van der Waals surface area (Å²) in [6.07, 6.45) is 5.83. The van der Waals surface area contributed by atoms with Crippen molar-refractivity contribution in [3.05, 3.63) is 29.3 Å². The fraction of sp³-hybridized carbons (Fsp3) is 0.529. The summed E-state index contributed by atoms with van der Waals surface area (Å²) >= 11 is 0. The first-order valence-electron chi connectivity index (χ1n) is 7.77. The molecule has 1 aromatic carbocycles. The minimum atomic E-state index is -0.332. The van der Waals surface area contributed by atoms with Gasteiger partial charge in [-0.25, -0.2) is 0 Å². The zero-order chi connectivity index (χ0) is 15.9. The minimum Gasteiger partial charge on any atom is -0.508 e. The van der Waals surface area contributed by atoms with Crippen LogP contribution >= 0.6 is 0 Å². The van der Waals surface area contributed by atoms with Crippen LogP contribution in [0.5, 0.6) is 5.75 Å². The second-order valence-electron chi connectivity index (χ2n) is 5.93. The molecule has 1 amide bonds. The molecule has 0 radical (unpaired) electrons. The number of rotatable bonds is 5. The number of benzene rings is 1. The van der Waals surface area contributed by atoms with Gasteiger partial charge >= 0.3 is 0 Å². The lowest BCUT2D eigenvalue weighted by molar-refractivity contribution is 0.0913. The third kappa shape index (κ3) is 4.22. The van der Waals surface area contributed by atoms with E-state index >= 15 is 0 Å². The molecule has 1 aliphatic carbocycles. The lowest BCUT2D eigenvalue weighted by Crippen LogP contribution is -2.35. The third-order valence-electron chi connectivity index (χ3n) is 4.38. The van der Waals surface area contributed by atoms with E-state index in [2.05, 4.69) is 5.32 Å². The second kappa shape index (κ2) is 7.81. The second-order valence-corrected chi connectivity index (χ2v) is 5.93. The highest BCUT2D eigenvalue weighted by atomic mass is 16.3. The highest BCUT2D eigenvalue weighted by Gasteiger charge is 2.23. The van der Waals surface area contributed by atoms with Crippen molar-refractivity contribution in [1.82, 2.24) is 5.32 Å². The number of hydrogen-bond acceptors (Lipinski definition) is 4. The smallest absolute Gasteiger partial charge is 0.251 e. The number of carbonyl (C=O) groups excluding carboxylic acids is 1. The van der Waals surface area contributed by atoms with E-state index in [9.17, 15) is 15.0 Å². The lowest BCUT2D eigenvalue weighted by Gasteiger charge is -2.29. The van der Waals surface area contributed by atoms with Gasteiger partial charge in [0.2, 0.25) is 0 Å². The minimum absolute atomic E-state index is 0.0639. The standard InChI is InChI=1S/C17H22N2O3/c18-9-12-6-14(8-16(21)7-12)17(22)19-10-15(11-20)13-4-2-1-3-5-13/h6-8,13,15,20-21H,1-5,10-11H2,(H,19,22). The van der Waals surface area contributed by atoms with E-state index < -0.39 is 0 Å². The number of amides is 1. The van der Waals surface area contributed by atoms with Gasteiger partial charge in [0.05, 0.1) is 11.6 Å². The summed E-state index contributed by atoms with van der Waals surface area (Å²) in [5, 5.41) is 30.8. The van der Waals surface area contributed by atoms with Gasteiger partial charge in [-0.1, -0.05) is 32.1 Å². The van der Waals surface area contributed by atoms with Crippen molar-refractivity contribution in [2.75, 3.05) is 13.2 Å². The Hall–Kier alpha value is -2.06. The van der Waals surface area contributed by atoms with E-state index in [1.807, 2.05) is 6.07 Å². The zero-order valence-electron chi connectivity index (χ0n) is 12.6. The first-order valence-corrected chi connectivity index (χ1v) is 7.77. The summed E-state index contributed by atoms with van der Waals surface area (Å²) in [4.78, 5) is 12.2. The quantitative estimate of drug-likeness (QED) is 0.777. The molecule has 0 aromatic heterocycles. The largest absolute Gasteiger partial charge is 0.508 e. The SMILES string of the molecule is N#Cc1cc(O)cc(C(=O)NCC(CO)C2CCCCC2)c1. The molecule has 22 heavy (non-hydrogen) atoms. The summed E-state index contributed by atoms with van der Waals surface area (Å²) in [5.41, 5.74) is 0.507. The average molecular weight is 302 g/mol. The highest BCUT2D eigenvalue weighted by Crippen LogP contribution is 2.29. The Morgan fingerprint density at radius 3 is 2.68 bits per heavy atom. The van der Waals surface area contributed by atoms with Gasteiger partial charge in [-0.05, 0) is 24.1 Å². The van der Waals surface area contributed by atoms with Crippen LogP contribution in [0.2, 0.25) is 0 Å². The number of hydrogen-bond donors (Lipinski definition) is 3. The summed E-state index contributed by atoms with van der Waals surface area (Å²) in [6.45, 7) is 0.478. The molecule has 1 unspecified atom stereocenters. The van der Waals surface area contributed by atoms with Crippen LogP contribution in [-0.4, -0.2) is 29.3 Å². The number of aliphatic hydroxyl groups is 1. The summed E-state index contributed by atoms with van der Waals surface area (Å²) in [7, 11) is 0. The molecule has 1 aliphatic rings. The van der Waals surface area contributed by atoms with Crippen LogP contribution in [0.3, 0.4) is 0 Å². The first kappa shape index (κ1) is 16.3. The maximum atomic E-state index is 12.2. The predicted molar refractivity (Wildman–Crippen MR) is 82.3 cm³/mol. The molecule has 5 heteroatoms. The van der Waals surface area contributed by atoms with Crippen molar-refractivity contribution >= 4 is 5.91 Å². The van der Waals surface area contributed by atoms with Crippen LogP contribution in [0.1, 0.15) is 48.0 Å². The number of aliphatic hydroxyl groups excluding tert-OH is 1. The van der Waals surface area contributed by atoms with Gasteiger partial charge < -0.3 is 15.5 Å². The molecule has 1 aromatic rings. The fourth-order valence-corrected chi connectivity index (χ4v) is 3.12. The molecule has 2 rings (SSSR count). The monoisotopic (exact) mass is 302 g/mol. The van der Waals surface area contributed by atoms with Crippen molar-refractivity contribution < 1.29 is 15.0 Å². The van der Waals surface area contributed by atoms with Crippen LogP contribution in [0, 0.1) is 23.2 Å². The van der Waals surface area contributed by atoms with E-state index in [-0.39, 0.29) is 35.3 Å². The number of aromatic hydroxyl groups is 1. The maximum Gasteiger partial charge on any atom is 0.251 e. The van der Waals surface area contributed by atoms with Gasteiger partial charge in [0, 0.05) is 24.6 Å². The number of nitrogens with zero attached hydrogens (tertiary/aromatic N) is 1. The van der Waals surface area contributed by atoms with E-state index in [1.165, 1.54) is 37.5 Å². The van der Waals surface area contributed by atoms with Crippen LogP contribution in [0.15, 0.2) is 18.2 Å². The summed E-state index contributed by atoms with van der Waals surface area (Å²) in [6, 6.07) is 6.01. The molecular weight excluding hydrogens is 280 g/mol. The Morgan fingerprint density at radius 1 is 1.32 bits per heavy atom. The Bertz CT molecular complexity index is 560. The maximum absolute atomic E-state index is 12.2. The Kier molecular flexibility index (Phi) is 5.79. The Balaban J connectivity index is 1.96. The topological polar surface area (TPSA) is 93.3 Å². The van der Waals surface area contributed by atoms with Gasteiger partial charge in [0.1, 0.15) is 5.75 Å². The van der Waals surface area contributed by atoms with Crippen LogP contribution < -0.4 is 5.32 Å². The normalized spacial score (nSPS) is 16.7. The fourth-order valence-electron chi connectivity index (χ4n) is 3.12. The van der Waals surface area contributed by atoms with Gasteiger partial charge in [-0.3, -0.25) is 4.79 Å². The molecule has 0 spiro atoms. The third-order valence-corrected chi connectivity index (χ3v) is 4.38. The number of phenols is 1. The molecule has 0 saturated heterocycles. The van der Waals surface area contributed by atoms with E-state index in [0.29, 0.717) is 12.5 Å². The van der Waals surface area contributed by atoms with Crippen molar-refractivity contribution in [3.8, 4) is 11.8 Å². The molecule has 1 atom stereocenters. The predicted octanol–water partition coefficient (Wildman–Crippen LogP) is 2.18. The Labute approximate surface area is 130 Å². The van der Waals surface area contributed by atoms with E-state index in [0.717, 1.165) is 12.8 Å². The van der Waals surface area contributed by atoms with E-state index in [1.54, 1.807) is 0 Å². The summed E-state index contributed by atoms with van der Waals surface area (Å²) < 4.78 is 0. The van der Waals surface area contributed by atoms with Gasteiger partial charge in [-0.2, -0.15) is 5.26 Å². The van der Waals surface area contributed by atoms with Gasteiger partial charge in [0.15, 0.2) is 0 Å². The molecule has 118 valence electrons. The van der Waals surface area contributed by atoms with Crippen molar-refractivity contribution in [3.63, 3.8) is 0 Å². The van der Waals surface area contributed by atoms with Crippen molar-refractivity contribution in [2.24, 2.45) is 11.8 Å². The van der Waals surface area contributed by atoms with Gasteiger partial charge in [-0.15, -0.1) is 0 Å². The average Bonchev–Trinajstić information content (AvgIpc) is 2.55. The van der Waals surface area contributed by atoms with Crippen LogP contribution in [-0.2, 0) is 0 Å². The highest BCUT2D eigenvalue weighted by molar-refractivity contribution is 5.95. The Morgan fingerprint density at radius 2 is 2.05 bits per heavy atom. The van der Waals surface area contributed by atoms with E-state index in [4.69, 9.17) is 5.26 Å². The summed E-state index contributed by atoms with van der Waals surface area (Å²) in [5.74, 6) is 0.0896. The molecule has 1 fully saturated rings. The molecular formula is C17H22N2O3. The molecule has 0 aliphatic heterocycles. The number of nitriles is 1. The molecule has 3 N–H and O–H groups in total. The zero-order valence-corrected chi connectivity index (χ0v) is 12.6. The first-order chi connectivity index (χ1) is 10.6. The number of phenolic OH excluding ortho intramolecular Hbond substituents is 1. The van der Waals surface area contributed by atoms with Crippen molar-refractivity contribution in [2.45, 2.75) is 32.1 Å². The van der Waals surface area contributed by atoms with Crippen molar-refractivity contribution in [1.29, 1.82) is 5.26 Å². The van der Waals surface area contributed by atoms with Crippen LogP contribution in [0.25, 0.3) is 0 Å². The van der Waals surface area contributed by atoms with Gasteiger partial charge in [0.25, 0.3) is 5.91 Å². The molecule has 5 nitrogen and oxygen atoms in total. The molecule has 0 bridgehead atoms. The van der Waals surface area contributed by atoms with Crippen LogP contribution in [0.4, 0.5) is 0 Å². The number of carbonyl (C=O) groups is 1. The number of nitrogens with one attached hydrogen (secondary N) is 1. The molecule has 0 heterocycles. The molecule has 1 saturated carbocycles.